The zero-order valence-electron chi connectivity index (χ0n) is 13.4. The second-order valence-corrected chi connectivity index (χ2v) is 6.13. The van der Waals surface area contributed by atoms with Gasteiger partial charge in [-0.15, -0.1) is 0 Å². The van der Waals surface area contributed by atoms with Gasteiger partial charge in [0.15, 0.2) is 5.65 Å². The van der Waals surface area contributed by atoms with Gasteiger partial charge in [-0.05, 0) is 33.2 Å². The maximum Gasteiger partial charge on any atom is 0.157 e. The Kier molecular flexibility index (Phi) is 4.59. The van der Waals surface area contributed by atoms with Crippen molar-refractivity contribution in [1.82, 2.24) is 19.5 Å². The Morgan fingerprint density at radius 1 is 1.27 bits per heavy atom. The third-order valence-corrected chi connectivity index (χ3v) is 4.34. The van der Waals surface area contributed by atoms with Crippen LogP contribution in [0.15, 0.2) is 12.1 Å². The van der Waals surface area contributed by atoms with Crippen LogP contribution in [0.1, 0.15) is 30.7 Å². The third kappa shape index (κ3) is 3.23. The maximum atomic E-state index is 9.47. The minimum Gasteiger partial charge on any atom is -0.395 e. The van der Waals surface area contributed by atoms with Crippen molar-refractivity contribution in [3.63, 3.8) is 0 Å². The highest BCUT2D eigenvalue weighted by molar-refractivity contribution is 5.50. The lowest BCUT2D eigenvalue weighted by Crippen LogP contribution is -2.44. The molecule has 1 aliphatic rings. The van der Waals surface area contributed by atoms with Crippen molar-refractivity contribution in [2.45, 2.75) is 39.2 Å². The highest BCUT2D eigenvalue weighted by Crippen LogP contribution is 2.17. The largest absolute Gasteiger partial charge is 0.395 e. The highest BCUT2D eigenvalue weighted by atomic mass is 16.3. The molecular weight excluding hydrogens is 278 g/mol. The monoisotopic (exact) mass is 303 g/mol. The fraction of sp³-hybridized carbons (Fsp3) is 0.625. The van der Waals surface area contributed by atoms with Crippen molar-refractivity contribution in [3.05, 3.63) is 23.5 Å². The molecule has 2 aromatic rings. The molecule has 1 aliphatic heterocycles. The molecule has 0 radical (unpaired) electrons. The van der Waals surface area contributed by atoms with E-state index in [4.69, 9.17) is 0 Å². The van der Waals surface area contributed by atoms with Crippen LogP contribution in [0, 0.1) is 13.8 Å². The van der Waals surface area contributed by atoms with Crippen molar-refractivity contribution in [3.8, 4) is 0 Å². The molecule has 0 aromatic carbocycles. The first-order valence-electron chi connectivity index (χ1n) is 8.10. The summed E-state index contributed by atoms with van der Waals surface area (Å²) in [6.07, 6.45) is 3.56. The molecule has 0 saturated carbocycles. The summed E-state index contributed by atoms with van der Waals surface area (Å²) in [5.74, 6) is 0.980. The van der Waals surface area contributed by atoms with E-state index in [0.29, 0.717) is 6.04 Å². The smallest absolute Gasteiger partial charge is 0.157 e. The number of aromatic nitrogens is 3. The van der Waals surface area contributed by atoms with Crippen molar-refractivity contribution < 1.29 is 5.11 Å². The zero-order valence-corrected chi connectivity index (χ0v) is 13.4. The first kappa shape index (κ1) is 15.2. The van der Waals surface area contributed by atoms with E-state index in [1.54, 1.807) is 0 Å². The Labute approximate surface area is 131 Å². The number of anilines is 1. The molecule has 120 valence electrons. The van der Waals surface area contributed by atoms with Gasteiger partial charge >= 0.3 is 0 Å². The van der Waals surface area contributed by atoms with Crippen molar-refractivity contribution in [2.24, 2.45) is 0 Å². The molecule has 1 atom stereocenters. The third-order valence-electron chi connectivity index (χ3n) is 4.34. The van der Waals surface area contributed by atoms with E-state index < -0.39 is 0 Å². The molecule has 1 fully saturated rings. The van der Waals surface area contributed by atoms with Gasteiger partial charge in [0.1, 0.15) is 5.82 Å². The van der Waals surface area contributed by atoms with Crippen LogP contribution in [0.2, 0.25) is 0 Å². The molecule has 0 bridgehead atoms. The first-order chi connectivity index (χ1) is 10.7. The number of likely N-dealkylation sites (tertiary alicyclic amines) is 1. The number of hydrogen-bond donors (Lipinski definition) is 2. The number of nitrogens with zero attached hydrogens (tertiary/aromatic N) is 4. The molecule has 2 aromatic heterocycles. The normalized spacial score (nSPS) is 19.7. The quantitative estimate of drug-likeness (QED) is 0.878. The van der Waals surface area contributed by atoms with Gasteiger partial charge in [0.05, 0.1) is 12.3 Å². The Morgan fingerprint density at radius 2 is 2.14 bits per heavy atom. The number of aliphatic hydroxyl groups excluding tert-OH is 1. The van der Waals surface area contributed by atoms with Crippen molar-refractivity contribution in [2.75, 3.05) is 31.6 Å². The summed E-state index contributed by atoms with van der Waals surface area (Å²) < 4.78 is 1.86. The second-order valence-electron chi connectivity index (χ2n) is 6.13. The van der Waals surface area contributed by atoms with Crippen LogP contribution in [0.4, 0.5) is 5.82 Å². The minimum atomic E-state index is 0.261. The lowest BCUT2D eigenvalue weighted by molar-refractivity contribution is 0.0940. The van der Waals surface area contributed by atoms with Crippen LogP contribution in [0.5, 0.6) is 0 Å². The first-order valence-corrected chi connectivity index (χ1v) is 8.10. The molecule has 0 spiro atoms. The number of hydrogen-bond acceptors (Lipinski definition) is 5. The molecule has 0 amide bonds. The van der Waals surface area contributed by atoms with E-state index in [2.05, 4.69) is 20.3 Å². The van der Waals surface area contributed by atoms with Gasteiger partial charge in [0.2, 0.25) is 0 Å². The summed E-state index contributed by atoms with van der Waals surface area (Å²) in [7, 11) is 0. The number of nitrogens with one attached hydrogen (secondary N) is 1. The standard InChI is InChI=1S/C16H25N5O/c1-12-9-15(21-16(18-12)10-13(2)19-21)17-6-8-20-7-4-3-5-14(20)11-22/h9-10,14,17,22H,3-8,11H2,1-2H3/t14-/m1/s1. The summed E-state index contributed by atoms with van der Waals surface area (Å²) in [5, 5.41) is 17.4. The molecule has 0 unspecified atom stereocenters. The van der Waals surface area contributed by atoms with Gasteiger partial charge in [0.25, 0.3) is 0 Å². The molecule has 2 N–H and O–H groups in total. The molecule has 1 saturated heterocycles. The zero-order chi connectivity index (χ0) is 15.5. The van der Waals surface area contributed by atoms with Crippen molar-refractivity contribution >= 4 is 11.5 Å². The number of fused-ring (bicyclic) bond motifs is 1. The van der Waals surface area contributed by atoms with E-state index in [9.17, 15) is 5.11 Å². The Hall–Kier alpha value is -1.66. The van der Waals surface area contributed by atoms with Crippen LogP contribution in [0.25, 0.3) is 5.65 Å². The van der Waals surface area contributed by atoms with Crippen LogP contribution in [-0.4, -0.2) is 56.9 Å². The minimum absolute atomic E-state index is 0.261. The van der Waals surface area contributed by atoms with Gasteiger partial charge in [-0.25, -0.2) is 4.98 Å². The highest BCUT2D eigenvalue weighted by Gasteiger charge is 2.20. The van der Waals surface area contributed by atoms with Gasteiger partial charge in [-0.1, -0.05) is 6.42 Å². The van der Waals surface area contributed by atoms with E-state index in [1.807, 2.05) is 30.5 Å². The predicted octanol–water partition coefficient (Wildman–Crippen LogP) is 1.60. The Bertz CT molecular complexity index is 639. The van der Waals surface area contributed by atoms with E-state index in [0.717, 1.165) is 48.9 Å². The summed E-state index contributed by atoms with van der Waals surface area (Å²) in [4.78, 5) is 6.88. The topological polar surface area (TPSA) is 65.7 Å². The fourth-order valence-electron chi connectivity index (χ4n) is 3.23. The molecule has 0 aliphatic carbocycles. The van der Waals surface area contributed by atoms with E-state index in [1.165, 1.54) is 12.8 Å². The van der Waals surface area contributed by atoms with Crippen LogP contribution >= 0.6 is 0 Å². The molecule has 6 nitrogen and oxygen atoms in total. The Morgan fingerprint density at radius 3 is 2.95 bits per heavy atom. The summed E-state index contributed by atoms with van der Waals surface area (Å²) in [5.41, 5.74) is 2.84. The van der Waals surface area contributed by atoms with Crippen molar-refractivity contribution in [1.29, 1.82) is 0 Å². The number of aryl methyl sites for hydroxylation is 2. The van der Waals surface area contributed by atoms with Gasteiger partial charge in [0, 0.05) is 37.0 Å². The van der Waals surface area contributed by atoms with Crippen LogP contribution in [-0.2, 0) is 0 Å². The van der Waals surface area contributed by atoms with E-state index in [-0.39, 0.29) is 6.61 Å². The summed E-state index contributed by atoms with van der Waals surface area (Å²) in [6.45, 7) is 7.10. The molecular formula is C16H25N5O. The number of piperidine rings is 1. The van der Waals surface area contributed by atoms with Gasteiger partial charge in [-0.2, -0.15) is 9.61 Å². The molecule has 22 heavy (non-hydrogen) atoms. The van der Waals surface area contributed by atoms with E-state index >= 15 is 0 Å². The number of rotatable bonds is 5. The summed E-state index contributed by atoms with van der Waals surface area (Å²) in [6, 6.07) is 4.34. The molecule has 3 heterocycles. The second kappa shape index (κ2) is 6.62. The SMILES string of the molecule is Cc1cc(NCCN2CCCC[C@@H]2CO)n2nc(C)cc2n1. The predicted molar refractivity (Wildman–Crippen MR) is 87.2 cm³/mol. The lowest BCUT2D eigenvalue weighted by Gasteiger charge is -2.34. The summed E-state index contributed by atoms with van der Waals surface area (Å²) >= 11 is 0. The Balaban J connectivity index is 1.66. The lowest BCUT2D eigenvalue weighted by atomic mass is 10.0. The number of aliphatic hydroxyl groups is 1. The molecule has 3 rings (SSSR count). The molecule has 6 heteroatoms. The fourth-order valence-corrected chi connectivity index (χ4v) is 3.23. The van der Waals surface area contributed by atoms with Gasteiger partial charge < -0.3 is 10.4 Å². The maximum absolute atomic E-state index is 9.47. The van der Waals surface area contributed by atoms with Crippen LogP contribution < -0.4 is 5.32 Å². The average molecular weight is 303 g/mol. The van der Waals surface area contributed by atoms with Gasteiger partial charge in [-0.3, -0.25) is 4.90 Å². The average Bonchev–Trinajstić information content (AvgIpc) is 2.88. The van der Waals surface area contributed by atoms with Crippen LogP contribution in [0.3, 0.4) is 0 Å².